The molecule has 1 rings (SSSR count). The second-order valence-corrected chi connectivity index (χ2v) is 8.24. The molecule has 7 heteroatoms. The number of hydrogen-bond acceptors (Lipinski definition) is 5. The summed E-state index contributed by atoms with van der Waals surface area (Å²) in [5.41, 5.74) is -0.153. The molecular formula is C18H29NO5S. The van der Waals surface area contributed by atoms with Crippen LogP contribution in [0.4, 0.5) is 0 Å². The lowest BCUT2D eigenvalue weighted by atomic mass is 9.96. The Labute approximate surface area is 150 Å². The van der Waals surface area contributed by atoms with E-state index in [0.29, 0.717) is 0 Å². The number of hydrogen-bond donors (Lipinski definition) is 2. The van der Waals surface area contributed by atoms with Gasteiger partial charge in [-0.2, -0.15) is 8.42 Å². The minimum Gasteiger partial charge on any atom is -0.426 e. The lowest BCUT2D eigenvalue weighted by Gasteiger charge is -2.26. The molecule has 0 atom stereocenters. The van der Waals surface area contributed by atoms with E-state index < -0.39 is 16.1 Å². The second kappa shape index (κ2) is 9.89. The van der Waals surface area contributed by atoms with Crippen LogP contribution in [0.15, 0.2) is 29.2 Å². The van der Waals surface area contributed by atoms with Gasteiger partial charge in [0.15, 0.2) is 0 Å². The number of carbonyl (C=O) groups excluding carboxylic acids is 1. The largest absolute Gasteiger partial charge is 0.426 e. The van der Waals surface area contributed by atoms with E-state index in [2.05, 4.69) is 26.1 Å². The molecule has 0 saturated carbocycles. The molecule has 0 aliphatic carbocycles. The Morgan fingerprint density at radius 2 is 1.72 bits per heavy atom. The molecule has 0 fully saturated rings. The minimum absolute atomic E-state index is 0.0714. The molecular weight excluding hydrogens is 342 g/mol. The maximum atomic E-state index is 11.9. The fraction of sp³-hybridized carbons (Fsp3) is 0.611. The van der Waals surface area contributed by atoms with E-state index in [-0.39, 0.29) is 22.7 Å². The average molecular weight is 371 g/mol. The highest BCUT2D eigenvalue weighted by atomic mass is 32.2. The van der Waals surface area contributed by atoms with Gasteiger partial charge in [-0.15, -0.1) is 0 Å². The van der Waals surface area contributed by atoms with E-state index in [4.69, 9.17) is 9.29 Å². The van der Waals surface area contributed by atoms with Crippen LogP contribution in [-0.2, 0) is 14.9 Å². The van der Waals surface area contributed by atoms with Crippen LogP contribution in [0.1, 0.15) is 59.3 Å². The predicted octanol–water partition coefficient (Wildman–Crippen LogP) is 3.57. The van der Waals surface area contributed by atoms with Crippen molar-refractivity contribution in [2.75, 3.05) is 6.54 Å². The zero-order chi connectivity index (χ0) is 18.9. The van der Waals surface area contributed by atoms with Gasteiger partial charge in [-0.05, 0) is 44.5 Å². The van der Waals surface area contributed by atoms with Crippen LogP contribution in [0.5, 0.6) is 5.75 Å². The van der Waals surface area contributed by atoms with Crippen LogP contribution in [-0.4, -0.2) is 31.0 Å². The van der Waals surface area contributed by atoms with Crippen molar-refractivity contribution >= 4 is 16.1 Å². The molecule has 0 radical (unpaired) electrons. The topological polar surface area (TPSA) is 92.7 Å². The average Bonchev–Trinajstić information content (AvgIpc) is 2.52. The summed E-state index contributed by atoms with van der Waals surface area (Å²) in [6, 6.07) is 5.04. The van der Waals surface area contributed by atoms with Crippen LogP contribution in [0, 0.1) is 0 Å². The smallest absolute Gasteiger partial charge is 0.325 e. The van der Waals surface area contributed by atoms with Crippen LogP contribution in [0.2, 0.25) is 0 Å². The fourth-order valence-corrected chi connectivity index (χ4v) is 2.90. The number of esters is 1. The number of rotatable bonds is 11. The number of carbonyl (C=O) groups is 1. The van der Waals surface area contributed by atoms with Crippen LogP contribution < -0.4 is 10.1 Å². The summed E-state index contributed by atoms with van der Waals surface area (Å²) in [5, 5.41) is 3.20. The number of unbranched alkanes of at least 4 members (excludes halogenated alkanes) is 4. The molecule has 0 aliphatic rings. The summed E-state index contributed by atoms with van der Waals surface area (Å²) < 4.78 is 36.0. The van der Waals surface area contributed by atoms with E-state index in [0.717, 1.165) is 12.8 Å². The minimum atomic E-state index is -4.25. The van der Waals surface area contributed by atoms with Crippen molar-refractivity contribution in [2.45, 2.75) is 69.7 Å². The predicted molar refractivity (Wildman–Crippen MR) is 97.3 cm³/mol. The maximum Gasteiger partial charge on any atom is 0.325 e. The van der Waals surface area contributed by atoms with Crippen molar-refractivity contribution in [1.29, 1.82) is 0 Å². The van der Waals surface area contributed by atoms with Crippen LogP contribution >= 0.6 is 0 Å². The summed E-state index contributed by atoms with van der Waals surface area (Å²) in [5.74, 6) is -0.213. The van der Waals surface area contributed by atoms with Crippen molar-refractivity contribution in [3.8, 4) is 5.75 Å². The summed E-state index contributed by atoms with van der Waals surface area (Å²) in [6.45, 7) is 6.37. The summed E-state index contributed by atoms with van der Waals surface area (Å²) >= 11 is 0. The van der Waals surface area contributed by atoms with Gasteiger partial charge in [-0.1, -0.05) is 39.0 Å². The van der Waals surface area contributed by atoms with Crippen molar-refractivity contribution in [3.05, 3.63) is 24.3 Å². The quantitative estimate of drug-likeness (QED) is 0.267. The zero-order valence-corrected chi connectivity index (χ0v) is 16.1. The maximum absolute atomic E-state index is 11.9. The molecule has 25 heavy (non-hydrogen) atoms. The van der Waals surface area contributed by atoms with Crippen molar-refractivity contribution in [1.82, 2.24) is 5.32 Å². The summed E-state index contributed by atoms with van der Waals surface area (Å²) in [7, 11) is -4.25. The van der Waals surface area contributed by atoms with Crippen LogP contribution in [0.3, 0.4) is 0 Å². The first-order chi connectivity index (χ1) is 11.6. The molecule has 0 aromatic heterocycles. The molecule has 6 nitrogen and oxygen atoms in total. The molecule has 1 aromatic carbocycles. The summed E-state index contributed by atoms with van der Waals surface area (Å²) in [6.07, 6.45) is 7.02. The van der Waals surface area contributed by atoms with Gasteiger partial charge in [0.25, 0.3) is 10.1 Å². The molecule has 142 valence electrons. The first kappa shape index (κ1) is 21.6. The molecule has 0 unspecified atom stereocenters. The van der Waals surface area contributed by atoms with E-state index in [1.54, 1.807) is 0 Å². The Balaban J connectivity index is 2.38. The van der Waals surface area contributed by atoms with Gasteiger partial charge in [0.1, 0.15) is 5.75 Å². The normalized spacial score (nSPS) is 12.2. The standard InChI is InChI=1S/C18H29NO5S/c1-4-5-6-7-8-13-18(2,3)19-14-17(20)24-15-9-11-16(12-10-15)25(21,22)23/h9-12,19H,4-8,13-14H2,1-3H3,(H,21,22,23). The van der Waals surface area contributed by atoms with Crippen LogP contribution in [0.25, 0.3) is 0 Å². The first-order valence-electron chi connectivity index (χ1n) is 8.67. The molecule has 0 heterocycles. The Bertz CT molecular complexity index is 638. The monoisotopic (exact) mass is 371 g/mol. The van der Waals surface area contributed by atoms with Crippen molar-refractivity contribution < 1.29 is 22.5 Å². The van der Waals surface area contributed by atoms with E-state index in [9.17, 15) is 13.2 Å². The first-order valence-corrected chi connectivity index (χ1v) is 10.1. The van der Waals surface area contributed by atoms with E-state index in [1.807, 2.05) is 0 Å². The molecule has 0 aliphatic heterocycles. The van der Waals surface area contributed by atoms with Gasteiger partial charge in [0.2, 0.25) is 0 Å². The summed E-state index contributed by atoms with van der Waals surface area (Å²) in [4.78, 5) is 11.7. The number of benzene rings is 1. The van der Waals surface area contributed by atoms with Gasteiger partial charge in [-0.3, -0.25) is 9.35 Å². The molecule has 1 aromatic rings. The Hall–Kier alpha value is -1.44. The highest BCUT2D eigenvalue weighted by Gasteiger charge is 2.18. The Morgan fingerprint density at radius 1 is 1.12 bits per heavy atom. The third-order valence-corrected chi connectivity index (χ3v) is 4.84. The molecule has 0 amide bonds. The van der Waals surface area contributed by atoms with Gasteiger partial charge in [0.05, 0.1) is 11.4 Å². The van der Waals surface area contributed by atoms with Gasteiger partial charge in [0, 0.05) is 5.54 Å². The molecule has 0 bridgehead atoms. The Morgan fingerprint density at radius 3 is 2.28 bits per heavy atom. The van der Waals surface area contributed by atoms with E-state index >= 15 is 0 Å². The lowest BCUT2D eigenvalue weighted by Crippen LogP contribution is -2.43. The highest BCUT2D eigenvalue weighted by Crippen LogP contribution is 2.17. The van der Waals surface area contributed by atoms with Gasteiger partial charge < -0.3 is 10.1 Å². The second-order valence-electron chi connectivity index (χ2n) is 6.82. The molecule has 0 saturated heterocycles. The highest BCUT2D eigenvalue weighted by molar-refractivity contribution is 7.85. The van der Waals surface area contributed by atoms with Gasteiger partial charge in [-0.25, -0.2) is 0 Å². The number of ether oxygens (including phenoxy) is 1. The molecule has 2 N–H and O–H groups in total. The Kier molecular flexibility index (Phi) is 8.55. The SMILES string of the molecule is CCCCCCCC(C)(C)NCC(=O)Oc1ccc(S(=O)(=O)O)cc1. The van der Waals surface area contributed by atoms with Gasteiger partial charge >= 0.3 is 5.97 Å². The van der Waals surface area contributed by atoms with Crippen molar-refractivity contribution in [2.24, 2.45) is 0 Å². The molecule has 0 spiro atoms. The third-order valence-electron chi connectivity index (χ3n) is 3.97. The zero-order valence-electron chi connectivity index (χ0n) is 15.2. The van der Waals surface area contributed by atoms with Crippen molar-refractivity contribution in [3.63, 3.8) is 0 Å². The number of nitrogens with one attached hydrogen (secondary N) is 1. The fourth-order valence-electron chi connectivity index (χ4n) is 2.42. The third kappa shape index (κ3) is 9.00. The lowest BCUT2D eigenvalue weighted by molar-refractivity contribution is -0.133. The van der Waals surface area contributed by atoms with E-state index in [1.165, 1.54) is 49.9 Å².